The number of rotatable bonds is 1. The summed E-state index contributed by atoms with van der Waals surface area (Å²) in [7, 11) is -0.525. The summed E-state index contributed by atoms with van der Waals surface area (Å²) in [5, 5.41) is 1.74. The molecular formula is C18H21BFO2PSTl-. The molecule has 0 spiro atoms. The summed E-state index contributed by atoms with van der Waals surface area (Å²) >= 11 is 0.499. The molecule has 1 unspecified atom stereocenters. The second kappa shape index (κ2) is 8.27. The molecule has 1 heterocycles. The van der Waals surface area contributed by atoms with Crippen molar-refractivity contribution in [3.8, 4) is 9.40 Å². The molecule has 1 aliphatic heterocycles. The molecule has 1 atom stereocenters. The van der Waals surface area contributed by atoms with E-state index in [4.69, 9.17) is 9.31 Å². The molecule has 1 saturated heterocycles. The van der Waals surface area contributed by atoms with Crippen molar-refractivity contribution >= 4 is 72.5 Å². The van der Waals surface area contributed by atoms with E-state index in [1.54, 1.807) is 6.07 Å². The molecule has 1 aliphatic rings. The fourth-order valence-electron chi connectivity index (χ4n) is 2.74. The summed E-state index contributed by atoms with van der Waals surface area (Å²) in [5.41, 5.74) is 0.412. The minimum atomic E-state index is -0.525. The zero-order valence-electron chi connectivity index (χ0n) is 14.9. The second-order valence-corrected chi connectivity index (χ2v) is 7.85. The average molecular weight is 567 g/mol. The SMILES string of the molecule is CC1(C)OB(c2cccc3ccc(F)c(C#[C][Tl])c23)OC1(C)C.P.[SH-]. The fourth-order valence-corrected chi connectivity index (χ4v) is 3.30. The van der Waals surface area contributed by atoms with Gasteiger partial charge in [0.25, 0.3) is 0 Å². The van der Waals surface area contributed by atoms with Gasteiger partial charge in [0, 0.05) is 0 Å². The number of hydrogen-bond acceptors (Lipinski definition) is 3. The second-order valence-electron chi connectivity index (χ2n) is 6.73. The van der Waals surface area contributed by atoms with Crippen LogP contribution < -0.4 is 5.46 Å². The Hall–Kier alpha value is -0.123. The molecule has 0 bridgehead atoms. The van der Waals surface area contributed by atoms with Crippen LogP contribution in [0.15, 0.2) is 30.3 Å². The molecule has 1 fully saturated rings. The molecule has 0 N–H and O–H groups in total. The van der Waals surface area contributed by atoms with Crippen LogP contribution in [0.4, 0.5) is 4.39 Å². The van der Waals surface area contributed by atoms with Crippen LogP contribution in [0, 0.1) is 15.2 Å². The minimum absolute atomic E-state index is 0. The van der Waals surface area contributed by atoms with E-state index in [0.717, 1.165) is 16.2 Å². The predicted molar refractivity (Wildman–Crippen MR) is 112 cm³/mol. The van der Waals surface area contributed by atoms with Crippen LogP contribution in [0.5, 0.6) is 0 Å². The van der Waals surface area contributed by atoms with Gasteiger partial charge < -0.3 is 13.5 Å². The molecule has 25 heavy (non-hydrogen) atoms. The molecule has 3 rings (SSSR count). The van der Waals surface area contributed by atoms with Gasteiger partial charge in [0.05, 0.1) is 0 Å². The standard InChI is InChI=1S/C18H17BFO2.H3P.H2S.Tl/c1-6-13-15(20)11-10-12-8-7-9-14(16(12)13)19-21-17(2,3)18(4,5)22-19;;;/h7-11H,2-5H3;1H3;1H2;/p-1. The zero-order chi connectivity index (χ0) is 16.8. The van der Waals surface area contributed by atoms with Crippen molar-refractivity contribution in [3.05, 3.63) is 41.7 Å². The molecular weight excluding hydrogens is 545 g/mol. The van der Waals surface area contributed by atoms with Crippen molar-refractivity contribution in [3.63, 3.8) is 0 Å². The van der Waals surface area contributed by atoms with Crippen LogP contribution in [-0.4, -0.2) is 44.1 Å². The third-order valence-corrected chi connectivity index (χ3v) is 5.29. The maximum absolute atomic E-state index is 14.3. The quantitative estimate of drug-likeness (QED) is 0.174. The van der Waals surface area contributed by atoms with Gasteiger partial charge in [-0.1, -0.05) is 0 Å². The van der Waals surface area contributed by atoms with Crippen LogP contribution in [0.1, 0.15) is 33.3 Å². The Morgan fingerprint density at radius 1 is 1.04 bits per heavy atom. The summed E-state index contributed by atoms with van der Waals surface area (Å²) in [6, 6.07) is 9.09. The van der Waals surface area contributed by atoms with E-state index < -0.39 is 18.3 Å². The van der Waals surface area contributed by atoms with Crippen molar-refractivity contribution in [1.82, 2.24) is 0 Å². The fraction of sp³-hybridized carbons (Fsp3) is 0.333. The largest absolute Gasteiger partial charge is 0.813 e. The van der Waals surface area contributed by atoms with Crippen molar-refractivity contribution in [2.75, 3.05) is 0 Å². The monoisotopic (exact) mass is 567 g/mol. The van der Waals surface area contributed by atoms with E-state index in [-0.39, 0.29) is 29.2 Å². The predicted octanol–water partition coefficient (Wildman–Crippen LogP) is 2.54. The Morgan fingerprint density at radius 2 is 1.64 bits per heavy atom. The molecule has 7 heteroatoms. The molecule has 0 aromatic heterocycles. The van der Waals surface area contributed by atoms with Crippen molar-refractivity contribution in [2.45, 2.75) is 38.9 Å². The van der Waals surface area contributed by atoms with E-state index in [9.17, 15) is 4.39 Å². The smallest absolute Gasteiger partial charge is 0.153 e. The summed E-state index contributed by atoms with van der Waals surface area (Å²) in [4.78, 5) is 0. The summed E-state index contributed by atoms with van der Waals surface area (Å²) < 4.78 is 29.6. The number of thiol groups is 1. The first-order valence-electron chi connectivity index (χ1n) is 7.55. The maximum atomic E-state index is 14.3. The van der Waals surface area contributed by atoms with Crippen LogP contribution >= 0.6 is 9.90 Å². The van der Waals surface area contributed by atoms with E-state index in [1.165, 1.54) is 6.07 Å². The number of benzene rings is 2. The zero-order valence-corrected chi connectivity index (χ0v) is 21.7. The van der Waals surface area contributed by atoms with Gasteiger partial charge >= 0.3 is 153 Å². The van der Waals surface area contributed by atoms with E-state index in [0.29, 0.717) is 31.3 Å². The third kappa shape index (κ3) is 4.09. The van der Waals surface area contributed by atoms with E-state index in [1.807, 2.05) is 45.9 Å². The van der Waals surface area contributed by atoms with Crippen LogP contribution in [0.3, 0.4) is 0 Å². The van der Waals surface area contributed by atoms with Crippen molar-refractivity contribution in [2.24, 2.45) is 0 Å². The first-order valence-corrected chi connectivity index (χ1v) is 9.80. The molecule has 2 nitrogen and oxygen atoms in total. The normalized spacial score (nSPS) is 17.2. The Morgan fingerprint density at radius 3 is 2.20 bits per heavy atom. The number of hydrogen-bond donors (Lipinski definition) is 0. The topological polar surface area (TPSA) is 18.5 Å². The van der Waals surface area contributed by atoms with Crippen LogP contribution in [0.25, 0.3) is 10.8 Å². The molecule has 0 radical (unpaired) electrons. The van der Waals surface area contributed by atoms with E-state index >= 15 is 0 Å². The van der Waals surface area contributed by atoms with Gasteiger partial charge in [0.2, 0.25) is 0 Å². The first-order chi connectivity index (χ1) is 10.8. The van der Waals surface area contributed by atoms with Crippen LogP contribution in [0.2, 0.25) is 0 Å². The number of fused-ring (bicyclic) bond motifs is 1. The van der Waals surface area contributed by atoms with Gasteiger partial charge in [-0.2, -0.15) is 9.90 Å². The summed E-state index contributed by atoms with van der Waals surface area (Å²) in [6.07, 6.45) is 0. The minimum Gasteiger partial charge on any atom is -0.813 e. The molecule has 2 aromatic carbocycles. The molecule has 2 aromatic rings. The van der Waals surface area contributed by atoms with Gasteiger partial charge in [-0.05, 0) is 0 Å². The van der Waals surface area contributed by atoms with Crippen molar-refractivity contribution in [1.29, 1.82) is 0 Å². The Labute approximate surface area is 175 Å². The summed E-state index contributed by atoms with van der Waals surface area (Å²) in [5.74, 6) is 2.67. The van der Waals surface area contributed by atoms with Gasteiger partial charge in [-0.3, -0.25) is 0 Å². The Bertz CT molecular complexity index is 832. The number of halogens is 1. The molecule has 0 amide bonds. The van der Waals surface area contributed by atoms with Crippen LogP contribution in [-0.2, 0) is 22.8 Å². The van der Waals surface area contributed by atoms with Gasteiger partial charge in [0.1, 0.15) is 0 Å². The van der Waals surface area contributed by atoms with E-state index in [2.05, 4.69) is 9.40 Å². The van der Waals surface area contributed by atoms with Gasteiger partial charge in [-0.15, -0.1) is 0 Å². The van der Waals surface area contributed by atoms with Crippen molar-refractivity contribution < 1.29 is 13.7 Å². The average Bonchev–Trinajstić information content (AvgIpc) is 2.70. The molecule has 0 saturated carbocycles. The Kier molecular flexibility index (Phi) is 7.58. The maximum Gasteiger partial charge on any atom is -0.153 e. The first kappa shape index (κ1) is 22.9. The molecule has 0 aliphatic carbocycles. The van der Waals surface area contributed by atoms with Gasteiger partial charge in [-0.25, -0.2) is 0 Å². The summed E-state index contributed by atoms with van der Waals surface area (Å²) in [6.45, 7) is 8.05. The van der Waals surface area contributed by atoms with Gasteiger partial charge in [0.15, 0.2) is 0 Å². The molecule has 130 valence electrons. The third-order valence-electron chi connectivity index (χ3n) is 4.73. The Balaban J connectivity index is 0.00000156.